The first kappa shape index (κ1) is 37.4. The second-order valence-corrected chi connectivity index (χ2v) is 15.2. The number of anilines is 4. The molecular formula is C49H50N8. The SMILES string of the molecule is CC(C)CNc1nc(NCc2ccccc2)cc(C2[C@H](c3ccccc3)C(c3cc(NCc4ccccc4)nc(NCc4ccccc4)n3)[C@H]2c2ccccc2)n1. The van der Waals surface area contributed by atoms with Gasteiger partial charge >= 0.3 is 0 Å². The summed E-state index contributed by atoms with van der Waals surface area (Å²) in [6.45, 7) is 7.11. The number of rotatable bonds is 16. The Morgan fingerprint density at radius 1 is 0.404 bits per heavy atom. The lowest BCUT2D eigenvalue weighted by atomic mass is 9.50. The summed E-state index contributed by atoms with van der Waals surface area (Å²) < 4.78 is 0. The van der Waals surface area contributed by atoms with Crippen LogP contribution in [0.5, 0.6) is 0 Å². The Morgan fingerprint density at radius 3 is 1.14 bits per heavy atom. The number of nitrogens with zero attached hydrogens (tertiary/aromatic N) is 4. The molecule has 2 heterocycles. The van der Waals surface area contributed by atoms with E-state index in [-0.39, 0.29) is 23.7 Å². The average Bonchev–Trinajstić information content (AvgIpc) is 3.25. The molecule has 8 nitrogen and oxygen atoms in total. The van der Waals surface area contributed by atoms with Crippen LogP contribution in [0.4, 0.5) is 23.5 Å². The molecule has 0 radical (unpaired) electrons. The fraction of sp³-hybridized carbons (Fsp3) is 0.224. The van der Waals surface area contributed by atoms with Crippen LogP contribution in [0.1, 0.15) is 76.7 Å². The molecule has 1 fully saturated rings. The Morgan fingerprint density at radius 2 is 0.754 bits per heavy atom. The highest BCUT2D eigenvalue weighted by Crippen LogP contribution is 2.66. The maximum Gasteiger partial charge on any atom is 0.225 e. The molecule has 57 heavy (non-hydrogen) atoms. The summed E-state index contributed by atoms with van der Waals surface area (Å²) in [7, 11) is 0. The summed E-state index contributed by atoms with van der Waals surface area (Å²) in [4.78, 5) is 20.6. The summed E-state index contributed by atoms with van der Waals surface area (Å²) in [5, 5.41) is 14.4. The molecule has 1 saturated carbocycles. The summed E-state index contributed by atoms with van der Waals surface area (Å²) in [5.41, 5.74) is 8.05. The molecular weight excluding hydrogens is 701 g/mol. The minimum atomic E-state index is 0.0279. The lowest BCUT2D eigenvalue weighted by Crippen LogP contribution is -2.41. The van der Waals surface area contributed by atoms with Crippen molar-refractivity contribution < 1.29 is 0 Å². The van der Waals surface area contributed by atoms with Gasteiger partial charge in [0, 0.05) is 62.0 Å². The fourth-order valence-corrected chi connectivity index (χ4v) is 7.93. The maximum atomic E-state index is 5.33. The topological polar surface area (TPSA) is 99.7 Å². The maximum absolute atomic E-state index is 5.33. The van der Waals surface area contributed by atoms with Gasteiger partial charge in [0.25, 0.3) is 0 Å². The Labute approximate surface area is 336 Å². The third-order valence-electron chi connectivity index (χ3n) is 10.7. The van der Waals surface area contributed by atoms with Crippen molar-refractivity contribution in [2.75, 3.05) is 27.8 Å². The van der Waals surface area contributed by atoms with Crippen LogP contribution in [-0.4, -0.2) is 26.5 Å². The highest BCUT2D eigenvalue weighted by Gasteiger charge is 2.54. The zero-order chi connectivity index (χ0) is 38.8. The first-order chi connectivity index (χ1) is 28.1. The number of nitrogens with one attached hydrogen (secondary N) is 4. The van der Waals surface area contributed by atoms with Crippen LogP contribution in [-0.2, 0) is 19.6 Å². The molecule has 8 rings (SSSR count). The number of hydrogen-bond acceptors (Lipinski definition) is 8. The van der Waals surface area contributed by atoms with Crippen LogP contribution >= 0.6 is 0 Å². The van der Waals surface area contributed by atoms with Gasteiger partial charge in [-0.15, -0.1) is 0 Å². The molecule has 1 aliphatic rings. The molecule has 2 atom stereocenters. The number of aromatic nitrogens is 4. The lowest BCUT2D eigenvalue weighted by Gasteiger charge is -2.52. The van der Waals surface area contributed by atoms with Gasteiger partial charge in [-0.25, -0.2) is 9.97 Å². The van der Waals surface area contributed by atoms with Crippen molar-refractivity contribution in [3.8, 4) is 0 Å². The van der Waals surface area contributed by atoms with E-state index in [2.05, 4.69) is 181 Å². The Bertz CT molecular complexity index is 2200. The Balaban J connectivity index is 1.22. The lowest BCUT2D eigenvalue weighted by molar-refractivity contribution is 0.220. The summed E-state index contributed by atoms with van der Waals surface area (Å²) >= 11 is 0. The molecule has 0 spiro atoms. The monoisotopic (exact) mass is 750 g/mol. The van der Waals surface area contributed by atoms with E-state index in [1.54, 1.807) is 0 Å². The van der Waals surface area contributed by atoms with E-state index in [4.69, 9.17) is 19.9 Å². The van der Waals surface area contributed by atoms with Crippen LogP contribution in [0, 0.1) is 5.92 Å². The predicted molar refractivity (Wildman–Crippen MR) is 233 cm³/mol. The highest BCUT2D eigenvalue weighted by molar-refractivity contribution is 5.53. The van der Waals surface area contributed by atoms with Gasteiger partial charge in [0.15, 0.2) is 0 Å². The van der Waals surface area contributed by atoms with Crippen LogP contribution in [0.2, 0.25) is 0 Å². The first-order valence-corrected chi connectivity index (χ1v) is 20.0. The minimum absolute atomic E-state index is 0.0279. The van der Waals surface area contributed by atoms with Crippen LogP contribution in [0.3, 0.4) is 0 Å². The Hall–Kier alpha value is -6.54. The van der Waals surface area contributed by atoms with Gasteiger partial charge in [-0.05, 0) is 33.7 Å². The van der Waals surface area contributed by atoms with E-state index in [1.165, 1.54) is 27.8 Å². The molecule has 4 N–H and O–H groups in total. The van der Waals surface area contributed by atoms with Crippen LogP contribution in [0.25, 0.3) is 0 Å². The number of benzene rings is 5. The van der Waals surface area contributed by atoms with Crippen LogP contribution < -0.4 is 21.3 Å². The zero-order valence-corrected chi connectivity index (χ0v) is 32.6. The van der Waals surface area contributed by atoms with Gasteiger partial charge in [0.1, 0.15) is 11.6 Å². The van der Waals surface area contributed by atoms with Crippen molar-refractivity contribution in [1.82, 2.24) is 19.9 Å². The molecule has 0 saturated heterocycles. The van der Waals surface area contributed by atoms with Gasteiger partial charge in [-0.2, -0.15) is 9.97 Å². The van der Waals surface area contributed by atoms with Gasteiger partial charge < -0.3 is 21.3 Å². The molecule has 0 bridgehead atoms. The molecule has 1 aliphatic carbocycles. The molecule has 2 aromatic heterocycles. The van der Waals surface area contributed by atoms with E-state index in [1.807, 2.05) is 18.2 Å². The molecule has 286 valence electrons. The second-order valence-electron chi connectivity index (χ2n) is 15.2. The van der Waals surface area contributed by atoms with Gasteiger partial charge in [-0.3, -0.25) is 0 Å². The third-order valence-corrected chi connectivity index (χ3v) is 10.7. The van der Waals surface area contributed by atoms with Crippen molar-refractivity contribution in [3.05, 3.63) is 203 Å². The standard InChI is InChI=1S/C49H50N8/c1-34(2)30-52-48-54-40(28-42(56-48)50-31-35-18-8-3-9-19-35)46-44(38-24-14-6-15-25-38)47(45(46)39-26-16-7-17-27-39)41-29-43(51-32-36-20-10-4-11-21-36)57-49(55-41)53-33-37-22-12-5-13-23-37/h3-29,34,44-47H,30-33H2,1-2H3,(H2,50,52,54,56)(H2,51,53,55,57)/t44-,45-,46?,47?/m0/s1. The summed E-state index contributed by atoms with van der Waals surface area (Å²) in [6.07, 6.45) is 0. The van der Waals surface area contributed by atoms with E-state index in [9.17, 15) is 0 Å². The van der Waals surface area contributed by atoms with Crippen molar-refractivity contribution >= 4 is 23.5 Å². The first-order valence-electron chi connectivity index (χ1n) is 20.0. The fourth-order valence-electron chi connectivity index (χ4n) is 7.93. The summed E-state index contributed by atoms with van der Waals surface area (Å²) in [5.74, 6) is 3.48. The summed E-state index contributed by atoms with van der Waals surface area (Å²) in [6, 6.07) is 57.4. The van der Waals surface area contributed by atoms with Crippen molar-refractivity contribution in [3.63, 3.8) is 0 Å². The van der Waals surface area contributed by atoms with E-state index >= 15 is 0 Å². The molecule has 0 amide bonds. The Kier molecular flexibility index (Phi) is 11.8. The minimum Gasteiger partial charge on any atom is -0.366 e. The number of hydrogen-bond donors (Lipinski definition) is 4. The quantitative estimate of drug-likeness (QED) is 0.0775. The van der Waals surface area contributed by atoms with Crippen molar-refractivity contribution in [1.29, 1.82) is 0 Å². The van der Waals surface area contributed by atoms with Gasteiger partial charge in [0.2, 0.25) is 11.9 Å². The van der Waals surface area contributed by atoms with Crippen LogP contribution in [0.15, 0.2) is 164 Å². The average molecular weight is 751 g/mol. The smallest absolute Gasteiger partial charge is 0.225 e. The second kappa shape index (κ2) is 17.9. The van der Waals surface area contributed by atoms with Crippen molar-refractivity contribution in [2.45, 2.75) is 57.2 Å². The molecule has 0 unspecified atom stereocenters. The van der Waals surface area contributed by atoms with Gasteiger partial charge in [0.05, 0.1) is 11.4 Å². The largest absolute Gasteiger partial charge is 0.366 e. The predicted octanol–water partition coefficient (Wildman–Crippen LogP) is 10.6. The normalized spacial score (nSPS) is 17.4. The van der Waals surface area contributed by atoms with Gasteiger partial charge in [-0.1, -0.05) is 166 Å². The highest BCUT2D eigenvalue weighted by atomic mass is 15.2. The van der Waals surface area contributed by atoms with Crippen molar-refractivity contribution in [2.24, 2.45) is 5.92 Å². The third kappa shape index (κ3) is 9.30. The van der Waals surface area contributed by atoms with E-state index in [0.29, 0.717) is 37.4 Å². The molecule has 8 heteroatoms. The molecule has 7 aromatic rings. The van der Waals surface area contributed by atoms with E-state index < -0.39 is 0 Å². The molecule has 5 aromatic carbocycles. The van der Waals surface area contributed by atoms with E-state index in [0.717, 1.165) is 29.6 Å². The molecule has 0 aliphatic heterocycles. The zero-order valence-electron chi connectivity index (χ0n) is 32.6.